The maximum atomic E-state index is 8.63. The Hall–Kier alpha value is -0.280. The molecule has 0 aromatic carbocycles. The van der Waals surface area contributed by atoms with E-state index in [0.717, 1.165) is 19.6 Å². The number of aliphatic hydroxyl groups is 1. The molecule has 0 unspecified atom stereocenters. The van der Waals surface area contributed by atoms with Crippen LogP contribution in [-0.2, 0) is 23.7 Å². The van der Waals surface area contributed by atoms with E-state index in [1.807, 2.05) is 0 Å². The van der Waals surface area contributed by atoms with Gasteiger partial charge in [0.15, 0.2) is 0 Å². The molecule has 0 fully saturated rings. The van der Waals surface area contributed by atoms with Crippen molar-refractivity contribution in [1.29, 1.82) is 0 Å². The minimum Gasteiger partial charge on any atom is -0.394 e. The Morgan fingerprint density at radius 1 is 0.737 bits per heavy atom. The molecule has 116 valence electrons. The first-order valence-corrected chi connectivity index (χ1v) is 6.39. The van der Waals surface area contributed by atoms with Crippen molar-refractivity contribution >= 4 is 0 Å². The second kappa shape index (κ2) is 15.8. The van der Waals surface area contributed by atoms with Crippen LogP contribution in [0.3, 0.4) is 0 Å². The molecule has 0 spiro atoms. The fourth-order valence-corrected chi connectivity index (χ4v) is 1.37. The zero-order valence-electron chi connectivity index (χ0n) is 12.0. The number of ether oxygens (including phenoxy) is 5. The number of hydrogen-bond donors (Lipinski definition) is 1. The lowest BCUT2D eigenvalue weighted by atomic mass is 10.4. The van der Waals surface area contributed by atoms with Gasteiger partial charge in [0.05, 0.1) is 33.0 Å². The number of nitrogens with zero attached hydrogens (tertiary/aromatic N) is 1. The number of rotatable bonds is 15. The van der Waals surface area contributed by atoms with Crippen molar-refractivity contribution in [3.05, 3.63) is 0 Å². The summed E-state index contributed by atoms with van der Waals surface area (Å²) >= 11 is 0. The first-order chi connectivity index (χ1) is 9.35. The lowest BCUT2D eigenvalue weighted by Gasteiger charge is -2.21. The highest BCUT2D eigenvalue weighted by atomic mass is 16.7. The minimum absolute atomic E-state index is 0.0495. The van der Waals surface area contributed by atoms with Crippen LogP contribution in [0.15, 0.2) is 0 Å². The monoisotopic (exact) mass is 281 g/mol. The molecular weight excluding hydrogens is 254 g/mol. The predicted octanol–water partition coefficient (Wildman–Crippen LogP) is -0.462. The van der Waals surface area contributed by atoms with Crippen molar-refractivity contribution in [3.63, 3.8) is 0 Å². The summed E-state index contributed by atoms with van der Waals surface area (Å²) in [4.78, 5) is 2.17. The van der Waals surface area contributed by atoms with E-state index in [1.54, 1.807) is 14.2 Å². The summed E-state index contributed by atoms with van der Waals surface area (Å²) in [6.45, 7) is 5.12. The Morgan fingerprint density at radius 2 is 1.21 bits per heavy atom. The molecule has 0 heterocycles. The van der Waals surface area contributed by atoms with Crippen LogP contribution in [-0.4, -0.2) is 90.5 Å². The fourth-order valence-electron chi connectivity index (χ4n) is 1.37. The lowest BCUT2D eigenvalue weighted by Crippen LogP contribution is -2.34. The van der Waals surface area contributed by atoms with E-state index in [2.05, 4.69) is 4.90 Å². The maximum absolute atomic E-state index is 8.63. The van der Waals surface area contributed by atoms with Crippen LogP contribution in [0.2, 0.25) is 0 Å². The van der Waals surface area contributed by atoms with Crippen molar-refractivity contribution in [1.82, 2.24) is 4.90 Å². The average Bonchev–Trinajstić information content (AvgIpc) is 2.43. The molecule has 19 heavy (non-hydrogen) atoms. The molecule has 0 saturated carbocycles. The molecule has 0 rings (SSSR count). The molecule has 0 aliphatic heterocycles. The average molecular weight is 281 g/mol. The number of aliphatic hydroxyl groups excluding tert-OH is 1. The Balaban J connectivity index is 3.66. The van der Waals surface area contributed by atoms with Crippen LogP contribution < -0.4 is 0 Å². The van der Waals surface area contributed by atoms with Gasteiger partial charge in [-0.3, -0.25) is 4.90 Å². The van der Waals surface area contributed by atoms with Crippen molar-refractivity contribution in [2.24, 2.45) is 0 Å². The molecule has 0 atom stereocenters. The van der Waals surface area contributed by atoms with Crippen LogP contribution in [0.5, 0.6) is 0 Å². The summed E-state index contributed by atoms with van der Waals surface area (Å²) in [6, 6.07) is 0. The normalized spacial score (nSPS) is 11.4. The van der Waals surface area contributed by atoms with Gasteiger partial charge >= 0.3 is 0 Å². The summed E-state index contributed by atoms with van der Waals surface area (Å²) in [5.74, 6) is 0. The molecule has 0 amide bonds. The third-order valence-corrected chi connectivity index (χ3v) is 2.29. The maximum Gasteiger partial charge on any atom is 0.146 e. The van der Waals surface area contributed by atoms with Crippen molar-refractivity contribution in [3.8, 4) is 0 Å². The molecule has 0 aliphatic rings. The first-order valence-electron chi connectivity index (χ1n) is 6.39. The molecule has 1 N–H and O–H groups in total. The van der Waals surface area contributed by atoms with E-state index in [0.29, 0.717) is 40.0 Å². The van der Waals surface area contributed by atoms with Gasteiger partial charge in [0.25, 0.3) is 0 Å². The van der Waals surface area contributed by atoms with Gasteiger partial charge in [0.2, 0.25) is 0 Å². The summed E-state index contributed by atoms with van der Waals surface area (Å²) < 4.78 is 25.4. The van der Waals surface area contributed by atoms with E-state index < -0.39 is 0 Å². The highest BCUT2D eigenvalue weighted by Crippen LogP contribution is 1.91. The van der Waals surface area contributed by atoms with Crippen molar-refractivity contribution in [2.45, 2.75) is 0 Å². The molecule has 0 aromatic rings. The molecule has 0 saturated heterocycles. The third-order valence-electron chi connectivity index (χ3n) is 2.29. The topological polar surface area (TPSA) is 69.6 Å². The molecule has 7 nitrogen and oxygen atoms in total. The Kier molecular flexibility index (Phi) is 15.5. The second-order valence-corrected chi connectivity index (χ2v) is 3.81. The zero-order chi connectivity index (χ0) is 14.2. The summed E-state index contributed by atoms with van der Waals surface area (Å²) in [5.41, 5.74) is 0. The number of hydrogen-bond acceptors (Lipinski definition) is 7. The van der Waals surface area contributed by atoms with Crippen LogP contribution in [0, 0.1) is 0 Å². The van der Waals surface area contributed by atoms with E-state index in [4.69, 9.17) is 28.8 Å². The minimum atomic E-state index is 0.0495. The lowest BCUT2D eigenvalue weighted by molar-refractivity contribution is -0.0509. The highest BCUT2D eigenvalue weighted by Gasteiger charge is 2.05. The summed E-state index contributed by atoms with van der Waals surface area (Å²) in [5, 5.41) is 8.63. The first kappa shape index (κ1) is 18.7. The standard InChI is InChI=1S/C12H27NO6/c1-15-11-18-8-4-13(3-7-17-10-6-14)5-9-19-12-16-2/h14H,3-12H2,1-2H3. The largest absolute Gasteiger partial charge is 0.394 e. The van der Waals surface area contributed by atoms with Gasteiger partial charge in [-0.05, 0) is 0 Å². The van der Waals surface area contributed by atoms with E-state index in [-0.39, 0.29) is 6.61 Å². The van der Waals surface area contributed by atoms with Gasteiger partial charge in [-0.15, -0.1) is 0 Å². The smallest absolute Gasteiger partial charge is 0.146 e. The number of methoxy groups -OCH3 is 2. The Morgan fingerprint density at radius 3 is 1.63 bits per heavy atom. The van der Waals surface area contributed by atoms with Crippen LogP contribution in [0.1, 0.15) is 0 Å². The van der Waals surface area contributed by atoms with E-state index in [1.165, 1.54) is 0 Å². The van der Waals surface area contributed by atoms with Gasteiger partial charge in [-0.2, -0.15) is 0 Å². The molecule has 0 radical (unpaired) electrons. The molecule has 0 bridgehead atoms. The van der Waals surface area contributed by atoms with Crippen molar-refractivity contribution in [2.75, 3.05) is 80.5 Å². The third kappa shape index (κ3) is 13.9. The molecular formula is C12H27NO6. The molecule has 7 heteroatoms. The summed E-state index contributed by atoms with van der Waals surface area (Å²) in [6.07, 6.45) is 0. The van der Waals surface area contributed by atoms with Gasteiger partial charge in [-0.25, -0.2) is 0 Å². The van der Waals surface area contributed by atoms with Crippen LogP contribution in [0.25, 0.3) is 0 Å². The van der Waals surface area contributed by atoms with Crippen molar-refractivity contribution < 1.29 is 28.8 Å². The molecule has 0 aliphatic carbocycles. The van der Waals surface area contributed by atoms with Gasteiger partial charge in [0, 0.05) is 33.9 Å². The summed E-state index contributed by atoms with van der Waals surface area (Å²) in [7, 11) is 3.19. The second-order valence-electron chi connectivity index (χ2n) is 3.81. The van der Waals surface area contributed by atoms with Crippen LogP contribution >= 0.6 is 0 Å². The van der Waals surface area contributed by atoms with Gasteiger partial charge < -0.3 is 28.8 Å². The highest BCUT2D eigenvalue weighted by molar-refractivity contribution is 4.56. The zero-order valence-corrected chi connectivity index (χ0v) is 12.0. The van der Waals surface area contributed by atoms with Crippen LogP contribution in [0.4, 0.5) is 0 Å². The Labute approximate surface area is 115 Å². The van der Waals surface area contributed by atoms with E-state index >= 15 is 0 Å². The Bertz CT molecular complexity index is 144. The van der Waals surface area contributed by atoms with Gasteiger partial charge in [-0.1, -0.05) is 0 Å². The fraction of sp³-hybridized carbons (Fsp3) is 1.00. The quantitative estimate of drug-likeness (QED) is 0.322. The predicted molar refractivity (Wildman–Crippen MR) is 70.0 cm³/mol. The SMILES string of the molecule is COCOCCN(CCOCCO)CCOCOC. The van der Waals surface area contributed by atoms with E-state index in [9.17, 15) is 0 Å². The molecule has 0 aromatic heterocycles. The van der Waals surface area contributed by atoms with Gasteiger partial charge in [0.1, 0.15) is 13.6 Å².